The predicted molar refractivity (Wildman–Crippen MR) is 122 cm³/mol. The monoisotopic (exact) mass is 462 g/mol. The summed E-state index contributed by atoms with van der Waals surface area (Å²) in [5, 5.41) is 0. The smallest absolute Gasteiger partial charge is 0.307 e. The summed E-state index contributed by atoms with van der Waals surface area (Å²) in [7, 11) is 0. The molecule has 0 spiro atoms. The maximum atomic E-state index is 12.0. The van der Waals surface area contributed by atoms with Crippen LogP contribution in [0.15, 0.2) is 0 Å². The Labute approximate surface area is 193 Å². The number of unbranched alkanes of at least 4 members (excludes halogenated alkanes) is 12. The lowest BCUT2D eigenvalue weighted by Gasteiger charge is -2.29. The van der Waals surface area contributed by atoms with Gasteiger partial charge in [-0.25, -0.2) is 0 Å². The van der Waals surface area contributed by atoms with Crippen molar-refractivity contribution in [3.8, 4) is 0 Å². The van der Waals surface area contributed by atoms with Crippen LogP contribution in [0, 0.1) is 0 Å². The Bertz CT molecular complexity index is 451. The Hall–Kier alpha value is -0.850. The fourth-order valence-corrected chi connectivity index (χ4v) is 3.78. The number of halogens is 1. The minimum atomic E-state index is -0.473. The first-order chi connectivity index (χ1) is 15.2. The van der Waals surface area contributed by atoms with Crippen LogP contribution in [0.1, 0.15) is 110 Å². The molecule has 0 N–H and O–H groups in total. The molecule has 0 amide bonds. The van der Waals surface area contributed by atoms with E-state index in [-0.39, 0.29) is 30.5 Å². The van der Waals surface area contributed by atoms with Crippen molar-refractivity contribution in [1.82, 2.24) is 0 Å². The highest BCUT2D eigenvalue weighted by molar-refractivity contribution is 6.17. The minimum Gasteiger partial charge on any atom is -0.457 e. The van der Waals surface area contributed by atoms with Crippen molar-refractivity contribution in [3.63, 3.8) is 0 Å². The zero-order valence-electron chi connectivity index (χ0n) is 19.4. The van der Waals surface area contributed by atoms with Crippen molar-refractivity contribution in [2.24, 2.45) is 0 Å². The summed E-state index contributed by atoms with van der Waals surface area (Å²) in [4.78, 5) is 23.2. The molecular weight excluding hydrogens is 420 g/mol. The van der Waals surface area contributed by atoms with E-state index in [1.165, 1.54) is 70.6 Å². The van der Waals surface area contributed by atoms with Gasteiger partial charge in [-0.3, -0.25) is 9.59 Å². The van der Waals surface area contributed by atoms with Gasteiger partial charge >= 0.3 is 11.9 Å². The summed E-state index contributed by atoms with van der Waals surface area (Å²) in [5.41, 5.74) is 0. The fraction of sp³-hybridized carbons (Fsp3) is 0.917. The SMILES string of the molecule is CCCCCCCCCCCCCCCC(=O)OC1COC(CCC(=O)OCCl)OC1. The second-order valence-corrected chi connectivity index (χ2v) is 8.58. The van der Waals surface area contributed by atoms with Crippen LogP contribution < -0.4 is 0 Å². The second kappa shape index (κ2) is 19.8. The lowest BCUT2D eigenvalue weighted by Crippen LogP contribution is -2.38. The molecule has 1 saturated heterocycles. The molecule has 1 aliphatic rings. The number of hydrogen-bond acceptors (Lipinski definition) is 6. The number of ether oxygens (including phenoxy) is 4. The lowest BCUT2D eigenvalue weighted by molar-refractivity contribution is -0.228. The van der Waals surface area contributed by atoms with Crippen LogP contribution in [0.2, 0.25) is 0 Å². The van der Waals surface area contributed by atoms with Gasteiger partial charge in [-0.1, -0.05) is 95.6 Å². The molecular formula is C24H43ClO6. The van der Waals surface area contributed by atoms with E-state index in [0.29, 0.717) is 26.1 Å². The van der Waals surface area contributed by atoms with E-state index in [0.717, 1.165) is 12.8 Å². The molecule has 7 heteroatoms. The van der Waals surface area contributed by atoms with Crippen molar-refractivity contribution in [2.45, 2.75) is 122 Å². The van der Waals surface area contributed by atoms with Gasteiger partial charge in [0, 0.05) is 12.8 Å². The molecule has 0 bridgehead atoms. The maximum Gasteiger partial charge on any atom is 0.307 e. The van der Waals surface area contributed by atoms with Crippen LogP contribution in [-0.2, 0) is 28.5 Å². The van der Waals surface area contributed by atoms with E-state index in [1.807, 2.05) is 0 Å². The standard InChI is InChI=1S/C24H43ClO6/c1-2-3-4-5-6-7-8-9-10-11-12-13-14-15-23(27)31-21-18-28-24(29-19-21)17-16-22(26)30-20-25/h21,24H,2-20H2,1H3. The molecule has 0 aliphatic carbocycles. The first-order valence-electron chi connectivity index (χ1n) is 12.3. The molecule has 0 unspecified atom stereocenters. The third-order valence-corrected chi connectivity index (χ3v) is 5.63. The third kappa shape index (κ3) is 16.4. The molecule has 0 atom stereocenters. The quantitative estimate of drug-likeness (QED) is 0.128. The zero-order chi connectivity index (χ0) is 22.6. The summed E-state index contributed by atoms with van der Waals surface area (Å²) in [5.74, 6) is -0.571. The van der Waals surface area contributed by atoms with Crippen molar-refractivity contribution < 1.29 is 28.5 Å². The summed E-state index contributed by atoms with van der Waals surface area (Å²) in [6.07, 6.45) is 16.8. The van der Waals surface area contributed by atoms with Crippen molar-refractivity contribution in [1.29, 1.82) is 0 Å². The lowest BCUT2D eigenvalue weighted by atomic mass is 10.0. The Morgan fingerprint density at radius 2 is 1.29 bits per heavy atom. The highest BCUT2D eigenvalue weighted by Gasteiger charge is 2.25. The Kier molecular flexibility index (Phi) is 18.0. The van der Waals surface area contributed by atoms with E-state index in [1.54, 1.807) is 0 Å². The van der Waals surface area contributed by atoms with Crippen LogP contribution in [0.4, 0.5) is 0 Å². The number of esters is 2. The van der Waals surface area contributed by atoms with Gasteiger partial charge in [-0.2, -0.15) is 0 Å². The molecule has 0 aromatic carbocycles. The van der Waals surface area contributed by atoms with Crippen molar-refractivity contribution in [2.75, 3.05) is 19.3 Å². The summed E-state index contributed by atoms with van der Waals surface area (Å²) in [6, 6.07) is -0.150. The van der Waals surface area contributed by atoms with Crippen molar-refractivity contribution in [3.05, 3.63) is 0 Å². The van der Waals surface area contributed by atoms with Crippen LogP contribution in [0.25, 0.3) is 0 Å². The number of carbonyl (C=O) groups is 2. The Morgan fingerprint density at radius 1 is 0.774 bits per heavy atom. The maximum absolute atomic E-state index is 12.0. The predicted octanol–water partition coefficient (Wildman–Crippen LogP) is 6.27. The Morgan fingerprint density at radius 3 is 1.81 bits per heavy atom. The molecule has 0 radical (unpaired) electrons. The normalized spacial score (nSPS) is 18.6. The molecule has 31 heavy (non-hydrogen) atoms. The fourth-order valence-electron chi connectivity index (χ4n) is 3.66. The first kappa shape index (κ1) is 28.2. The molecule has 1 rings (SSSR count). The number of rotatable bonds is 19. The summed E-state index contributed by atoms with van der Waals surface area (Å²) < 4.78 is 21.1. The van der Waals surface area contributed by atoms with Gasteiger partial charge in [0.15, 0.2) is 12.4 Å². The zero-order valence-corrected chi connectivity index (χ0v) is 20.2. The number of hydrogen-bond donors (Lipinski definition) is 0. The van der Waals surface area contributed by atoms with Crippen LogP contribution in [-0.4, -0.2) is 43.6 Å². The van der Waals surface area contributed by atoms with Gasteiger partial charge in [0.25, 0.3) is 0 Å². The van der Waals surface area contributed by atoms with Gasteiger partial charge in [0.05, 0.1) is 19.6 Å². The van der Waals surface area contributed by atoms with E-state index in [2.05, 4.69) is 11.7 Å². The van der Waals surface area contributed by atoms with Gasteiger partial charge in [-0.15, -0.1) is 0 Å². The molecule has 0 aromatic heterocycles. The van der Waals surface area contributed by atoms with Crippen LogP contribution in [0.5, 0.6) is 0 Å². The summed E-state index contributed by atoms with van der Waals surface area (Å²) >= 11 is 5.33. The average Bonchev–Trinajstić information content (AvgIpc) is 2.76. The van der Waals surface area contributed by atoms with E-state index < -0.39 is 6.29 Å². The molecule has 6 nitrogen and oxygen atoms in total. The van der Waals surface area contributed by atoms with Gasteiger partial charge in [-0.05, 0) is 6.42 Å². The van der Waals surface area contributed by atoms with Gasteiger partial charge in [0.1, 0.15) is 6.10 Å². The highest BCUT2D eigenvalue weighted by atomic mass is 35.5. The number of alkyl halides is 1. The molecule has 1 aliphatic heterocycles. The van der Waals surface area contributed by atoms with E-state index in [9.17, 15) is 9.59 Å². The van der Waals surface area contributed by atoms with E-state index >= 15 is 0 Å². The summed E-state index contributed by atoms with van der Waals surface area (Å²) in [6.45, 7) is 2.84. The van der Waals surface area contributed by atoms with E-state index in [4.69, 9.17) is 25.8 Å². The first-order valence-corrected chi connectivity index (χ1v) is 12.8. The largest absolute Gasteiger partial charge is 0.457 e. The highest BCUT2D eigenvalue weighted by Crippen LogP contribution is 2.16. The van der Waals surface area contributed by atoms with Gasteiger partial charge < -0.3 is 18.9 Å². The molecule has 182 valence electrons. The number of carbonyl (C=O) groups excluding carboxylic acids is 2. The molecule has 0 saturated carbocycles. The minimum absolute atomic E-state index is 0.150. The van der Waals surface area contributed by atoms with Crippen LogP contribution >= 0.6 is 11.6 Å². The Balaban J connectivity index is 1.88. The molecule has 1 heterocycles. The van der Waals surface area contributed by atoms with Crippen LogP contribution in [0.3, 0.4) is 0 Å². The molecule has 0 aromatic rings. The third-order valence-electron chi connectivity index (χ3n) is 5.52. The molecule has 1 fully saturated rings. The van der Waals surface area contributed by atoms with Gasteiger partial charge in [0.2, 0.25) is 0 Å². The second-order valence-electron chi connectivity index (χ2n) is 8.36. The van der Waals surface area contributed by atoms with Crippen molar-refractivity contribution >= 4 is 23.5 Å². The average molecular weight is 463 g/mol. The topological polar surface area (TPSA) is 71.1 Å².